The summed E-state index contributed by atoms with van der Waals surface area (Å²) in [6.45, 7) is 6.39. The number of rotatable bonds is 8. The fourth-order valence-corrected chi connectivity index (χ4v) is 7.26. The van der Waals surface area contributed by atoms with Crippen LogP contribution in [0.2, 0.25) is 0 Å². The second kappa shape index (κ2) is 12.6. The van der Waals surface area contributed by atoms with E-state index in [0.29, 0.717) is 34.3 Å². The molecule has 0 amide bonds. The first-order chi connectivity index (χ1) is 21.9. The Labute approximate surface area is 275 Å². The minimum absolute atomic E-state index is 0.0169. The average molecular weight is 678 g/mol. The molecule has 0 saturated heterocycles. The summed E-state index contributed by atoms with van der Waals surface area (Å²) < 4.78 is 43.5. The number of hydrogen-bond donors (Lipinski definition) is 2. The van der Waals surface area contributed by atoms with Gasteiger partial charge in [0.2, 0.25) is 10.0 Å². The van der Waals surface area contributed by atoms with Crippen LogP contribution in [0.5, 0.6) is 0 Å². The molecular weight excluding hydrogens is 647 g/mol. The lowest BCUT2D eigenvalue weighted by atomic mass is 9.95. The number of nitrogens with two attached hydrogens (primary N) is 1. The lowest BCUT2D eigenvalue weighted by Crippen LogP contribution is -2.07. The van der Waals surface area contributed by atoms with Gasteiger partial charge in [0.05, 0.1) is 21.8 Å². The second-order valence-electron chi connectivity index (χ2n) is 12.3. The van der Waals surface area contributed by atoms with Gasteiger partial charge in [-0.25, -0.2) is 23.2 Å². The van der Waals surface area contributed by atoms with Crippen LogP contribution in [-0.2, 0) is 33.5 Å². The Balaban J connectivity index is 1.48. The van der Waals surface area contributed by atoms with Crippen LogP contribution in [0.25, 0.3) is 16.4 Å². The van der Waals surface area contributed by atoms with Crippen molar-refractivity contribution >= 4 is 39.6 Å². The molecule has 7 nitrogen and oxygen atoms in total. The highest BCUT2D eigenvalue weighted by atomic mass is 32.2. The molecule has 2 aromatic carbocycles. The van der Waals surface area contributed by atoms with E-state index >= 15 is 4.39 Å². The Morgan fingerprint density at radius 1 is 1.11 bits per heavy atom. The molecule has 5 aromatic rings. The molecule has 1 aliphatic carbocycles. The van der Waals surface area contributed by atoms with Gasteiger partial charge in [-0.15, -0.1) is 27.8 Å². The maximum atomic E-state index is 15.1. The third-order valence-corrected chi connectivity index (χ3v) is 10.8. The number of thiophene rings is 1. The number of aromatic nitrogens is 3. The highest BCUT2D eigenvalue weighted by Gasteiger charge is 2.30. The van der Waals surface area contributed by atoms with E-state index in [2.05, 4.69) is 37.6 Å². The molecule has 6 rings (SSSR count). The quantitative estimate of drug-likeness (QED) is 0.103. The number of carbonyl (C=O) groups is 1. The van der Waals surface area contributed by atoms with Crippen molar-refractivity contribution in [2.24, 2.45) is 11.1 Å². The summed E-state index contributed by atoms with van der Waals surface area (Å²) in [6, 6.07) is 13.1. The van der Waals surface area contributed by atoms with E-state index in [0.717, 1.165) is 40.3 Å². The maximum Gasteiger partial charge on any atom is 0.355 e. The van der Waals surface area contributed by atoms with Crippen molar-refractivity contribution in [2.75, 3.05) is 0 Å². The van der Waals surface area contributed by atoms with Gasteiger partial charge in [0.15, 0.2) is 22.5 Å². The molecular formula is C34H31F2N4O3S3+. The van der Waals surface area contributed by atoms with Gasteiger partial charge >= 0.3 is 5.97 Å². The van der Waals surface area contributed by atoms with Crippen LogP contribution in [0.3, 0.4) is 0 Å². The Kier molecular flexibility index (Phi) is 8.78. The minimum atomic E-state index is -2.35. The third kappa shape index (κ3) is 6.88. The lowest BCUT2D eigenvalue weighted by Gasteiger charge is -2.14. The third-order valence-electron chi connectivity index (χ3n) is 7.70. The fraction of sp³-hybridized carbons (Fsp3) is 0.265. The summed E-state index contributed by atoms with van der Waals surface area (Å²) >= 11 is 2.73. The van der Waals surface area contributed by atoms with E-state index in [1.165, 1.54) is 28.5 Å². The molecule has 1 unspecified atom stereocenters. The molecule has 1 saturated carbocycles. The molecule has 12 heteroatoms. The molecule has 0 spiro atoms. The Morgan fingerprint density at radius 3 is 2.52 bits per heavy atom. The van der Waals surface area contributed by atoms with Gasteiger partial charge in [0.25, 0.3) is 0 Å². The molecule has 46 heavy (non-hydrogen) atoms. The molecule has 3 heterocycles. The number of nitrogens with zero attached hydrogens (tertiary/aromatic N) is 3. The zero-order valence-corrected chi connectivity index (χ0v) is 27.8. The number of halogens is 2. The van der Waals surface area contributed by atoms with Crippen molar-refractivity contribution in [1.29, 1.82) is 0 Å². The van der Waals surface area contributed by atoms with Crippen LogP contribution in [0, 0.1) is 29.4 Å². The van der Waals surface area contributed by atoms with Gasteiger partial charge in [0.1, 0.15) is 5.82 Å². The number of aromatic carboxylic acids is 1. The zero-order chi connectivity index (χ0) is 32.7. The van der Waals surface area contributed by atoms with Gasteiger partial charge in [-0.1, -0.05) is 42.9 Å². The second-order valence-corrected chi connectivity index (χ2v) is 15.4. The van der Waals surface area contributed by atoms with Crippen molar-refractivity contribution in [1.82, 2.24) is 14.8 Å². The van der Waals surface area contributed by atoms with Crippen molar-refractivity contribution in [3.63, 3.8) is 0 Å². The topological polar surface area (TPSA) is 111 Å². The molecule has 1 aliphatic rings. The SMILES string of the molecule is CC(C)(C)c1ccc(C#Cc2cc(-c3nn(-c4nc(C(=O)O)cs4)c(CC4CC4)c3Cc3ccc([SH+](N)=O)c(F)c3)ccc2F)s1. The highest BCUT2D eigenvalue weighted by Crippen LogP contribution is 2.38. The molecule has 236 valence electrons. The molecule has 0 aliphatic heterocycles. The van der Waals surface area contributed by atoms with Crippen LogP contribution < -0.4 is 5.14 Å². The van der Waals surface area contributed by atoms with Gasteiger partial charge in [-0.2, -0.15) is 5.10 Å². The van der Waals surface area contributed by atoms with E-state index in [1.807, 2.05) is 12.1 Å². The van der Waals surface area contributed by atoms with Crippen molar-refractivity contribution in [2.45, 2.75) is 56.8 Å². The van der Waals surface area contributed by atoms with E-state index in [1.54, 1.807) is 34.2 Å². The first-order valence-electron chi connectivity index (χ1n) is 14.6. The Hall–Kier alpha value is -4.02. The van der Waals surface area contributed by atoms with Crippen molar-refractivity contribution in [3.05, 3.63) is 103 Å². The number of hydrogen-bond acceptors (Lipinski definition) is 6. The predicted octanol–water partition coefficient (Wildman–Crippen LogP) is 7.20. The van der Waals surface area contributed by atoms with Crippen molar-refractivity contribution < 1.29 is 22.9 Å². The first kappa shape index (κ1) is 31.9. The van der Waals surface area contributed by atoms with Crippen LogP contribution in [0.1, 0.15) is 76.2 Å². The number of thiazole rings is 1. The van der Waals surface area contributed by atoms with E-state index in [4.69, 9.17) is 10.2 Å². The zero-order valence-electron chi connectivity index (χ0n) is 25.3. The molecule has 0 bridgehead atoms. The van der Waals surface area contributed by atoms with Crippen LogP contribution >= 0.6 is 22.7 Å². The van der Waals surface area contributed by atoms with Gasteiger partial charge in [-0.05, 0) is 78.6 Å². The highest BCUT2D eigenvalue weighted by molar-refractivity contribution is 7.82. The van der Waals surface area contributed by atoms with Crippen LogP contribution in [0.15, 0.2) is 58.8 Å². The van der Waals surface area contributed by atoms with Gasteiger partial charge in [0, 0.05) is 27.8 Å². The summed E-state index contributed by atoms with van der Waals surface area (Å²) in [5.41, 5.74) is 3.45. The van der Waals surface area contributed by atoms with E-state index in [9.17, 15) is 18.5 Å². The number of carboxylic acids is 1. The molecule has 3 aromatic heterocycles. The normalized spacial score (nSPS) is 13.8. The summed E-state index contributed by atoms with van der Waals surface area (Å²) in [7, 11) is -2.35. The number of thiol groups is 1. The lowest BCUT2D eigenvalue weighted by molar-refractivity contribution is 0.0691. The Morgan fingerprint density at radius 2 is 1.89 bits per heavy atom. The van der Waals surface area contributed by atoms with Gasteiger partial charge < -0.3 is 5.11 Å². The first-order valence-corrected chi connectivity index (χ1v) is 17.6. The van der Waals surface area contributed by atoms with Crippen LogP contribution in [-0.4, -0.2) is 25.8 Å². The smallest absolute Gasteiger partial charge is 0.355 e. The summed E-state index contributed by atoms with van der Waals surface area (Å²) in [6.07, 6.45) is 3.00. The molecule has 0 radical (unpaired) electrons. The predicted molar refractivity (Wildman–Crippen MR) is 178 cm³/mol. The van der Waals surface area contributed by atoms with E-state index < -0.39 is 28.6 Å². The van der Waals surface area contributed by atoms with Gasteiger partial charge in [-0.3, -0.25) is 0 Å². The fourth-order valence-electron chi connectivity index (χ4n) is 5.07. The minimum Gasteiger partial charge on any atom is -0.476 e. The van der Waals surface area contributed by atoms with E-state index in [-0.39, 0.29) is 28.0 Å². The molecule has 1 atom stereocenters. The molecule has 3 N–H and O–H groups in total. The number of carboxylic acid groups (broad SMARTS) is 1. The van der Waals surface area contributed by atoms with Crippen molar-refractivity contribution in [3.8, 4) is 28.2 Å². The summed E-state index contributed by atoms with van der Waals surface area (Å²) in [4.78, 5) is 17.9. The largest absolute Gasteiger partial charge is 0.476 e. The number of benzene rings is 2. The monoisotopic (exact) mass is 677 g/mol. The van der Waals surface area contributed by atoms with Crippen LogP contribution in [0.4, 0.5) is 8.78 Å². The summed E-state index contributed by atoms with van der Waals surface area (Å²) in [5, 5.41) is 21.8. The Bertz CT molecular complexity index is 2060. The maximum absolute atomic E-state index is 15.1. The average Bonchev–Trinajstić information content (AvgIpc) is 3.34. The standard InChI is InChI=1S/C34H30F2N4O3S3/c1-34(2,3)30-13-10-23(45-30)9-7-21-17-22(8-11-25(21)35)31-24(14-20-6-12-29(46(37)43)26(36)15-20)28(16-19-4-5-19)40(39-31)33-38-27(18-44-33)32(41)42/h6,8,10-13,15,17-19H,4-5,14,16H2,1-3H3,(H2,37,43)(H,41,42)/p+1. The summed E-state index contributed by atoms with van der Waals surface area (Å²) in [5.74, 6) is 4.24. The molecule has 1 fully saturated rings.